The lowest BCUT2D eigenvalue weighted by atomic mass is 9.92. The third-order valence-electron chi connectivity index (χ3n) is 3.46. The number of hydrogen-bond donors (Lipinski definition) is 1. The van der Waals surface area contributed by atoms with Gasteiger partial charge in [-0.3, -0.25) is 4.90 Å². The standard InChI is InChI=1S/C13H22N2S.ClH/c1-10-5-6-13(16-10)9-15-7-3-4-12(8-15)11(2)14;/h5-6,11-12H,3-4,7-9,14H2,1-2H3;1H. The van der Waals surface area contributed by atoms with Gasteiger partial charge in [-0.15, -0.1) is 23.7 Å². The average molecular weight is 275 g/mol. The monoisotopic (exact) mass is 274 g/mol. The molecule has 1 aromatic rings. The molecular weight excluding hydrogens is 252 g/mol. The van der Waals surface area contributed by atoms with Crippen molar-refractivity contribution >= 4 is 23.7 Å². The first kappa shape index (κ1) is 15.0. The number of likely N-dealkylation sites (tertiary alicyclic amines) is 1. The van der Waals surface area contributed by atoms with Gasteiger partial charge in [-0.2, -0.15) is 0 Å². The van der Waals surface area contributed by atoms with E-state index in [0.29, 0.717) is 12.0 Å². The SMILES string of the molecule is Cc1ccc(CN2CCCC(C(C)N)C2)s1.Cl. The second kappa shape index (κ2) is 6.74. The molecular formula is C13H23ClN2S. The number of piperidine rings is 1. The predicted octanol–water partition coefficient (Wildman–Crippen LogP) is 3.04. The van der Waals surface area contributed by atoms with Crippen molar-refractivity contribution in [2.45, 2.75) is 39.3 Å². The zero-order valence-electron chi connectivity index (χ0n) is 10.7. The minimum Gasteiger partial charge on any atom is -0.328 e. The maximum atomic E-state index is 6.00. The molecule has 0 aromatic carbocycles. The summed E-state index contributed by atoms with van der Waals surface area (Å²) in [7, 11) is 0. The molecule has 2 nitrogen and oxygen atoms in total. The van der Waals surface area contributed by atoms with Crippen molar-refractivity contribution in [2.24, 2.45) is 11.7 Å². The normalized spacial score (nSPS) is 23.1. The fourth-order valence-corrected chi connectivity index (χ4v) is 3.39. The molecule has 2 unspecified atom stereocenters. The number of halogens is 1. The summed E-state index contributed by atoms with van der Waals surface area (Å²) < 4.78 is 0. The summed E-state index contributed by atoms with van der Waals surface area (Å²) in [6, 6.07) is 4.82. The summed E-state index contributed by atoms with van der Waals surface area (Å²) in [6.07, 6.45) is 2.61. The molecule has 0 aliphatic carbocycles. The van der Waals surface area contributed by atoms with E-state index in [-0.39, 0.29) is 12.4 Å². The lowest BCUT2D eigenvalue weighted by Crippen LogP contribution is -2.41. The van der Waals surface area contributed by atoms with Crippen LogP contribution in [0.5, 0.6) is 0 Å². The lowest BCUT2D eigenvalue weighted by Gasteiger charge is -2.34. The maximum absolute atomic E-state index is 6.00. The first-order chi connectivity index (χ1) is 7.65. The van der Waals surface area contributed by atoms with Gasteiger partial charge in [0.05, 0.1) is 0 Å². The van der Waals surface area contributed by atoms with Gasteiger partial charge in [0.1, 0.15) is 0 Å². The Morgan fingerprint density at radius 3 is 2.88 bits per heavy atom. The van der Waals surface area contributed by atoms with Crippen LogP contribution in [0.4, 0.5) is 0 Å². The van der Waals surface area contributed by atoms with E-state index in [1.54, 1.807) is 0 Å². The van der Waals surface area contributed by atoms with Gasteiger partial charge in [0.2, 0.25) is 0 Å². The van der Waals surface area contributed by atoms with Gasteiger partial charge in [-0.05, 0) is 51.3 Å². The Hall–Kier alpha value is -0.0900. The summed E-state index contributed by atoms with van der Waals surface area (Å²) >= 11 is 1.92. The molecule has 1 saturated heterocycles. The highest BCUT2D eigenvalue weighted by Gasteiger charge is 2.22. The fourth-order valence-electron chi connectivity index (χ4n) is 2.45. The van der Waals surface area contributed by atoms with E-state index in [1.165, 1.54) is 35.7 Å². The largest absolute Gasteiger partial charge is 0.328 e. The third-order valence-corrected chi connectivity index (χ3v) is 4.45. The van der Waals surface area contributed by atoms with Crippen LogP contribution in [0.3, 0.4) is 0 Å². The number of aryl methyl sites for hydroxylation is 1. The predicted molar refractivity (Wildman–Crippen MR) is 78.0 cm³/mol. The first-order valence-corrected chi connectivity index (χ1v) is 7.00. The highest BCUT2D eigenvalue weighted by atomic mass is 35.5. The summed E-state index contributed by atoms with van der Waals surface area (Å²) in [5, 5.41) is 0. The third kappa shape index (κ3) is 4.25. The van der Waals surface area contributed by atoms with Crippen LogP contribution in [0.1, 0.15) is 29.5 Å². The fraction of sp³-hybridized carbons (Fsp3) is 0.692. The molecule has 17 heavy (non-hydrogen) atoms. The molecule has 0 spiro atoms. The smallest absolute Gasteiger partial charge is 0.0328 e. The number of rotatable bonds is 3. The van der Waals surface area contributed by atoms with E-state index in [4.69, 9.17) is 5.73 Å². The maximum Gasteiger partial charge on any atom is 0.0328 e. The Bertz CT molecular complexity index is 338. The molecule has 0 amide bonds. The quantitative estimate of drug-likeness (QED) is 0.918. The van der Waals surface area contributed by atoms with Gasteiger partial charge >= 0.3 is 0 Å². The number of nitrogens with two attached hydrogens (primary N) is 1. The van der Waals surface area contributed by atoms with Crippen molar-refractivity contribution in [1.82, 2.24) is 4.90 Å². The van der Waals surface area contributed by atoms with Gasteiger partial charge in [0, 0.05) is 28.9 Å². The highest BCUT2D eigenvalue weighted by Crippen LogP contribution is 2.23. The molecule has 1 aromatic heterocycles. The number of nitrogens with zero attached hydrogens (tertiary/aromatic N) is 1. The molecule has 98 valence electrons. The van der Waals surface area contributed by atoms with Crippen LogP contribution < -0.4 is 5.73 Å². The minimum absolute atomic E-state index is 0. The highest BCUT2D eigenvalue weighted by molar-refractivity contribution is 7.11. The van der Waals surface area contributed by atoms with Crippen molar-refractivity contribution in [3.63, 3.8) is 0 Å². The van der Waals surface area contributed by atoms with Gasteiger partial charge < -0.3 is 5.73 Å². The molecule has 1 fully saturated rings. The summed E-state index contributed by atoms with van der Waals surface area (Å²) in [5.41, 5.74) is 6.00. The summed E-state index contributed by atoms with van der Waals surface area (Å²) in [4.78, 5) is 5.46. The molecule has 4 heteroatoms. The molecule has 1 aliphatic heterocycles. The topological polar surface area (TPSA) is 29.3 Å². The molecule has 0 bridgehead atoms. The van der Waals surface area contributed by atoms with Gasteiger partial charge in [-0.1, -0.05) is 0 Å². The van der Waals surface area contributed by atoms with Crippen molar-refractivity contribution in [3.8, 4) is 0 Å². The van der Waals surface area contributed by atoms with Gasteiger partial charge in [0.15, 0.2) is 0 Å². The Balaban J connectivity index is 0.00000144. The van der Waals surface area contributed by atoms with Crippen LogP contribution in [0.25, 0.3) is 0 Å². The van der Waals surface area contributed by atoms with Crippen molar-refractivity contribution < 1.29 is 0 Å². The Morgan fingerprint density at radius 2 is 2.29 bits per heavy atom. The van der Waals surface area contributed by atoms with E-state index >= 15 is 0 Å². The van der Waals surface area contributed by atoms with E-state index in [1.807, 2.05) is 11.3 Å². The summed E-state index contributed by atoms with van der Waals surface area (Å²) in [6.45, 7) is 7.84. The molecule has 0 saturated carbocycles. The zero-order chi connectivity index (χ0) is 11.5. The number of hydrogen-bond acceptors (Lipinski definition) is 3. The molecule has 1 aliphatic rings. The van der Waals surface area contributed by atoms with Crippen molar-refractivity contribution in [3.05, 3.63) is 21.9 Å². The Kier molecular flexibility index (Phi) is 5.93. The molecule has 0 radical (unpaired) electrons. The first-order valence-electron chi connectivity index (χ1n) is 6.18. The molecule has 2 heterocycles. The average Bonchev–Trinajstić information content (AvgIpc) is 2.64. The van der Waals surface area contributed by atoms with Crippen LogP contribution in [0, 0.1) is 12.8 Å². The molecule has 2 rings (SSSR count). The Labute approximate surface area is 115 Å². The van der Waals surface area contributed by atoms with Crippen LogP contribution in [-0.2, 0) is 6.54 Å². The van der Waals surface area contributed by atoms with Gasteiger partial charge in [0.25, 0.3) is 0 Å². The van der Waals surface area contributed by atoms with Crippen LogP contribution in [0.15, 0.2) is 12.1 Å². The Morgan fingerprint density at radius 1 is 1.53 bits per heavy atom. The van der Waals surface area contributed by atoms with Gasteiger partial charge in [-0.25, -0.2) is 0 Å². The zero-order valence-corrected chi connectivity index (χ0v) is 12.3. The minimum atomic E-state index is 0. The second-order valence-electron chi connectivity index (χ2n) is 5.01. The summed E-state index contributed by atoms with van der Waals surface area (Å²) in [5.74, 6) is 0.690. The molecule has 2 atom stereocenters. The van der Waals surface area contributed by atoms with E-state index in [0.717, 1.165) is 6.54 Å². The van der Waals surface area contributed by atoms with Crippen LogP contribution in [-0.4, -0.2) is 24.0 Å². The van der Waals surface area contributed by atoms with Crippen LogP contribution in [0.2, 0.25) is 0 Å². The number of thiophene rings is 1. The lowest BCUT2D eigenvalue weighted by molar-refractivity contribution is 0.155. The van der Waals surface area contributed by atoms with E-state index < -0.39 is 0 Å². The van der Waals surface area contributed by atoms with Crippen molar-refractivity contribution in [2.75, 3.05) is 13.1 Å². The second-order valence-corrected chi connectivity index (χ2v) is 6.38. The van der Waals surface area contributed by atoms with Crippen LogP contribution >= 0.6 is 23.7 Å². The van der Waals surface area contributed by atoms with E-state index in [2.05, 4.69) is 30.9 Å². The molecule has 2 N–H and O–H groups in total. The van der Waals surface area contributed by atoms with E-state index in [9.17, 15) is 0 Å². The van der Waals surface area contributed by atoms with Crippen molar-refractivity contribution in [1.29, 1.82) is 0 Å².